The van der Waals surface area contributed by atoms with Gasteiger partial charge in [-0.05, 0) is 33.1 Å². The maximum atomic E-state index is 11.4. The van der Waals surface area contributed by atoms with Gasteiger partial charge in [0, 0.05) is 25.7 Å². The number of rotatable bonds is 12. The second-order valence-electron chi connectivity index (χ2n) is 5.63. The molecule has 0 aromatic rings. The molecule has 0 saturated carbocycles. The molecule has 6 heteroatoms. The third kappa shape index (κ3) is 8.32. The molecule has 23 heavy (non-hydrogen) atoms. The van der Waals surface area contributed by atoms with Crippen LogP contribution in [0.1, 0.15) is 65.2 Å². The first kappa shape index (κ1) is 19.9. The van der Waals surface area contributed by atoms with Crippen molar-refractivity contribution in [2.45, 2.75) is 71.0 Å². The van der Waals surface area contributed by atoms with Crippen molar-refractivity contribution in [3.8, 4) is 0 Å². The second kappa shape index (κ2) is 11.4. The molecule has 134 valence electrons. The molecular weight excluding hydrogens is 300 g/mol. The summed E-state index contributed by atoms with van der Waals surface area (Å²) in [6.07, 6.45) is 5.72. The molecule has 0 aliphatic carbocycles. The molecule has 6 nitrogen and oxygen atoms in total. The summed E-state index contributed by atoms with van der Waals surface area (Å²) in [6, 6.07) is 0. The number of unbranched alkanes of at least 4 members (excludes halogenated alkanes) is 2. The van der Waals surface area contributed by atoms with Crippen LogP contribution in [0.4, 0.5) is 0 Å². The van der Waals surface area contributed by atoms with Crippen LogP contribution in [0.3, 0.4) is 0 Å². The molecule has 0 aromatic heterocycles. The fourth-order valence-electron chi connectivity index (χ4n) is 2.72. The van der Waals surface area contributed by atoms with Gasteiger partial charge in [0.05, 0.1) is 26.4 Å². The Hall–Kier alpha value is -1.14. The van der Waals surface area contributed by atoms with Crippen LogP contribution < -0.4 is 0 Å². The van der Waals surface area contributed by atoms with Crippen LogP contribution in [0.5, 0.6) is 0 Å². The Morgan fingerprint density at radius 2 is 1.35 bits per heavy atom. The van der Waals surface area contributed by atoms with Crippen molar-refractivity contribution in [2.75, 3.05) is 26.4 Å². The van der Waals surface area contributed by atoms with Gasteiger partial charge in [0.25, 0.3) is 0 Å². The fraction of sp³-hybridized carbons (Fsp3) is 0.882. The first-order chi connectivity index (χ1) is 11.1. The molecule has 1 fully saturated rings. The summed E-state index contributed by atoms with van der Waals surface area (Å²) >= 11 is 0. The molecule has 0 atom stereocenters. The zero-order chi connectivity index (χ0) is 17.0. The molecule has 0 bridgehead atoms. The molecule has 0 spiro atoms. The van der Waals surface area contributed by atoms with Crippen LogP contribution in [0.25, 0.3) is 0 Å². The molecule has 1 heterocycles. The average molecular weight is 330 g/mol. The van der Waals surface area contributed by atoms with E-state index in [1.165, 1.54) is 0 Å². The first-order valence-corrected chi connectivity index (χ1v) is 8.71. The van der Waals surface area contributed by atoms with E-state index >= 15 is 0 Å². The van der Waals surface area contributed by atoms with E-state index in [-0.39, 0.29) is 11.9 Å². The van der Waals surface area contributed by atoms with Gasteiger partial charge in [-0.25, -0.2) is 0 Å². The number of carbonyl (C=O) groups excluding carboxylic acids is 2. The average Bonchev–Trinajstić information content (AvgIpc) is 2.96. The predicted molar refractivity (Wildman–Crippen MR) is 84.8 cm³/mol. The lowest BCUT2D eigenvalue weighted by Crippen LogP contribution is -2.30. The van der Waals surface area contributed by atoms with E-state index in [0.29, 0.717) is 52.1 Å². The summed E-state index contributed by atoms with van der Waals surface area (Å²) in [6.45, 7) is 5.66. The molecule has 1 aliphatic rings. The van der Waals surface area contributed by atoms with Crippen LogP contribution in [0, 0.1) is 0 Å². The highest BCUT2D eigenvalue weighted by Gasteiger charge is 2.35. The van der Waals surface area contributed by atoms with Crippen molar-refractivity contribution >= 4 is 11.9 Å². The minimum absolute atomic E-state index is 0.134. The first-order valence-electron chi connectivity index (χ1n) is 8.71. The standard InChI is InChI=1S/C17H30O6/c1-3-20-15(18)9-6-5-7-11-17(22-13-14-23-17)12-8-10-16(19)21-4-2/h3-14H2,1-2H3. The van der Waals surface area contributed by atoms with E-state index in [2.05, 4.69) is 0 Å². The third-order valence-corrected chi connectivity index (χ3v) is 3.80. The molecule has 1 rings (SSSR count). The van der Waals surface area contributed by atoms with E-state index in [4.69, 9.17) is 18.9 Å². The van der Waals surface area contributed by atoms with E-state index in [9.17, 15) is 9.59 Å². The lowest BCUT2D eigenvalue weighted by molar-refractivity contribution is -0.169. The van der Waals surface area contributed by atoms with Gasteiger partial charge in [0.2, 0.25) is 0 Å². The number of hydrogen-bond donors (Lipinski definition) is 0. The Kier molecular flexibility index (Phi) is 9.87. The summed E-state index contributed by atoms with van der Waals surface area (Å²) in [7, 11) is 0. The highest BCUT2D eigenvalue weighted by atomic mass is 16.7. The van der Waals surface area contributed by atoms with E-state index in [0.717, 1.165) is 25.7 Å². The Bertz CT molecular complexity index is 349. The van der Waals surface area contributed by atoms with Crippen LogP contribution in [0.15, 0.2) is 0 Å². The highest BCUT2D eigenvalue weighted by Crippen LogP contribution is 2.31. The summed E-state index contributed by atoms with van der Waals surface area (Å²) in [4.78, 5) is 22.7. The van der Waals surface area contributed by atoms with Crippen LogP contribution in [-0.4, -0.2) is 44.2 Å². The molecule has 0 radical (unpaired) electrons. The van der Waals surface area contributed by atoms with Crippen LogP contribution in [-0.2, 0) is 28.5 Å². The van der Waals surface area contributed by atoms with Crippen LogP contribution in [0.2, 0.25) is 0 Å². The van der Waals surface area contributed by atoms with Crippen molar-refractivity contribution in [1.29, 1.82) is 0 Å². The maximum absolute atomic E-state index is 11.4. The lowest BCUT2D eigenvalue weighted by atomic mass is 10.0. The molecule has 0 aromatic carbocycles. The topological polar surface area (TPSA) is 71.1 Å². The van der Waals surface area contributed by atoms with Crippen molar-refractivity contribution in [2.24, 2.45) is 0 Å². The third-order valence-electron chi connectivity index (χ3n) is 3.80. The molecular formula is C17H30O6. The predicted octanol–water partition coefficient (Wildman–Crippen LogP) is 2.98. The Balaban J connectivity index is 2.20. The van der Waals surface area contributed by atoms with Gasteiger partial charge in [-0.2, -0.15) is 0 Å². The number of hydrogen-bond acceptors (Lipinski definition) is 6. The minimum atomic E-state index is -0.559. The second-order valence-corrected chi connectivity index (χ2v) is 5.63. The van der Waals surface area contributed by atoms with Gasteiger partial charge in [0.1, 0.15) is 0 Å². The Morgan fingerprint density at radius 3 is 1.91 bits per heavy atom. The smallest absolute Gasteiger partial charge is 0.305 e. The summed E-state index contributed by atoms with van der Waals surface area (Å²) < 4.78 is 21.4. The van der Waals surface area contributed by atoms with Crippen molar-refractivity contribution in [3.63, 3.8) is 0 Å². The fourth-order valence-corrected chi connectivity index (χ4v) is 2.72. The SMILES string of the molecule is CCOC(=O)CCCCCC1(CCCC(=O)OCC)OCCO1. The van der Waals surface area contributed by atoms with Crippen molar-refractivity contribution < 1.29 is 28.5 Å². The molecule has 0 amide bonds. The Morgan fingerprint density at radius 1 is 0.826 bits per heavy atom. The quantitative estimate of drug-likeness (QED) is 0.405. The zero-order valence-corrected chi connectivity index (χ0v) is 14.4. The maximum Gasteiger partial charge on any atom is 0.305 e. The molecule has 0 N–H and O–H groups in total. The van der Waals surface area contributed by atoms with E-state index in [1.807, 2.05) is 6.92 Å². The molecule has 1 saturated heterocycles. The minimum Gasteiger partial charge on any atom is -0.466 e. The summed E-state index contributed by atoms with van der Waals surface area (Å²) in [5.74, 6) is -0.865. The van der Waals surface area contributed by atoms with Crippen molar-refractivity contribution in [1.82, 2.24) is 0 Å². The van der Waals surface area contributed by atoms with E-state index in [1.54, 1.807) is 6.92 Å². The number of esters is 2. The molecule has 1 aliphatic heterocycles. The van der Waals surface area contributed by atoms with Gasteiger partial charge in [-0.1, -0.05) is 6.42 Å². The molecule has 0 unspecified atom stereocenters. The highest BCUT2D eigenvalue weighted by molar-refractivity contribution is 5.69. The van der Waals surface area contributed by atoms with Gasteiger partial charge in [-0.3, -0.25) is 9.59 Å². The van der Waals surface area contributed by atoms with E-state index < -0.39 is 5.79 Å². The van der Waals surface area contributed by atoms with Crippen LogP contribution >= 0.6 is 0 Å². The van der Waals surface area contributed by atoms with Crippen molar-refractivity contribution in [3.05, 3.63) is 0 Å². The largest absolute Gasteiger partial charge is 0.466 e. The van der Waals surface area contributed by atoms with Gasteiger partial charge >= 0.3 is 11.9 Å². The van der Waals surface area contributed by atoms with Gasteiger partial charge in [-0.15, -0.1) is 0 Å². The summed E-state index contributed by atoms with van der Waals surface area (Å²) in [5, 5.41) is 0. The monoisotopic (exact) mass is 330 g/mol. The van der Waals surface area contributed by atoms with Gasteiger partial charge in [0.15, 0.2) is 5.79 Å². The normalized spacial score (nSPS) is 16.3. The number of carbonyl (C=O) groups is 2. The summed E-state index contributed by atoms with van der Waals surface area (Å²) in [5.41, 5.74) is 0. The Labute approximate surface area is 138 Å². The number of ether oxygens (including phenoxy) is 4. The lowest BCUT2D eigenvalue weighted by Gasteiger charge is -2.27. The zero-order valence-electron chi connectivity index (χ0n) is 14.4. The van der Waals surface area contributed by atoms with Gasteiger partial charge < -0.3 is 18.9 Å².